The molecule has 1 heterocycles. The zero-order chi connectivity index (χ0) is 14.2. The number of rotatable bonds is 1. The second-order valence-corrected chi connectivity index (χ2v) is 7.12. The Morgan fingerprint density at radius 1 is 0.650 bits per heavy atom. The second kappa shape index (κ2) is 9.04. The molecule has 20 heavy (non-hydrogen) atoms. The lowest BCUT2D eigenvalue weighted by Crippen LogP contribution is -2.50. The molecule has 0 amide bonds. The molecule has 2 fully saturated rings. The van der Waals surface area contributed by atoms with Crippen molar-refractivity contribution in [1.82, 2.24) is 4.90 Å². The van der Waals surface area contributed by atoms with Crippen molar-refractivity contribution in [2.45, 2.75) is 103 Å². The smallest absolute Gasteiger partial charge is 0.0678 e. The van der Waals surface area contributed by atoms with Gasteiger partial charge in [0.2, 0.25) is 0 Å². The van der Waals surface area contributed by atoms with Crippen LogP contribution in [-0.4, -0.2) is 36.2 Å². The van der Waals surface area contributed by atoms with Gasteiger partial charge < -0.3 is 4.74 Å². The van der Waals surface area contributed by atoms with E-state index in [1.165, 1.54) is 70.6 Å². The maximum atomic E-state index is 5.90. The summed E-state index contributed by atoms with van der Waals surface area (Å²) in [7, 11) is 0. The van der Waals surface area contributed by atoms with Crippen LogP contribution in [0.5, 0.6) is 0 Å². The summed E-state index contributed by atoms with van der Waals surface area (Å²) in [5.74, 6) is 0. The molecule has 0 aromatic heterocycles. The van der Waals surface area contributed by atoms with E-state index < -0.39 is 0 Å². The molecule has 1 aliphatic carbocycles. The molecule has 0 spiro atoms. The molecule has 1 aliphatic heterocycles. The normalized spacial score (nSPS) is 33.3. The molecule has 2 atom stereocenters. The van der Waals surface area contributed by atoms with Crippen molar-refractivity contribution in [2.24, 2.45) is 0 Å². The van der Waals surface area contributed by atoms with Crippen molar-refractivity contribution >= 4 is 0 Å². The molecule has 0 aromatic rings. The number of morpholine rings is 1. The van der Waals surface area contributed by atoms with Gasteiger partial charge in [0.05, 0.1) is 12.2 Å². The molecule has 1 saturated heterocycles. The molecular weight excluding hydrogens is 246 g/mol. The van der Waals surface area contributed by atoms with E-state index in [2.05, 4.69) is 18.7 Å². The van der Waals surface area contributed by atoms with E-state index in [0.29, 0.717) is 12.2 Å². The minimum Gasteiger partial charge on any atom is -0.373 e. The highest BCUT2D eigenvalue weighted by atomic mass is 16.5. The van der Waals surface area contributed by atoms with Crippen molar-refractivity contribution in [3.63, 3.8) is 0 Å². The molecule has 0 aromatic carbocycles. The van der Waals surface area contributed by atoms with Crippen LogP contribution in [0.4, 0.5) is 0 Å². The third-order valence-electron chi connectivity index (χ3n) is 5.04. The first kappa shape index (κ1) is 16.3. The molecular formula is C18H35NO. The molecule has 1 saturated carbocycles. The highest BCUT2D eigenvalue weighted by Crippen LogP contribution is 2.23. The molecule has 2 heteroatoms. The summed E-state index contributed by atoms with van der Waals surface area (Å²) in [5, 5.41) is 0. The van der Waals surface area contributed by atoms with Crippen LogP contribution in [0.25, 0.3) is 0 Å². The molecule has 0 N–H and O–H groups in total. The Morgan fingerprint density at radius 3 is 1.50 bits per heavy atom. The lowest BCUT2D eigenvalue weighted by atomic mass is 9.96. The number of ether oxygens (including phenoxy) is 1. The van der Waals surface area contributed by atoms with Crippen LogP contribution in [0, 0.1) is 0 Å². The van der Waals surface area contributed by atoms with Crippen LogP contribution in [0.3, 0.4) is 0 Å². The Morgan fingerprint density at radius 2 is 1.05 bits per heavy atom. The minimum absolute atomic E-state index is 0.417. The molecule has 2 rings (SSSR count). The average molecular weight is 281 g/mol. The van der Waals surface area contributed by atoms with Gasteiger partial charge in [0.1, 0.15) is 0 Å². The van der Waals surface area contributed by atoms with E-state index in [1.807, 2.05) is 0 Å². The van der Waals surface area contributed by atoms with Crippen LogP contribution in [0.2, 0.25) is 0 Å². The van der Waals surface area contributed by atoms with Crippen LogP contribution < -0.4 is 0 Å². The summed E-state index contributed by atoms with van der Waals surface area (Å²) >= 11 is 0. The van der Waals surface area contributed by atoms with Crippen LogP contribution in [0.15, 0.2) is 0 Å². The zero-order valence-electron chi connectivity index (χ0n) is 13.8. The Labute approximate surface area is 126 Å². The largest absolute Gasteiger partial charge is 0.373 e. The van der Waals surface area contributed by atoms with Crippen LogP contribution in [-0.2, 0) is 4.74 Å². The Balaban J connectivity index is 1.84. The summed E-state index contributed by atoms with van der Waals surface area (Å²) in [4.78, 5) is 2.74. The molecule has 0 unspecified atom stereocenters. The van der Waals surface area contributed by atoms with E-state index in [0.717, 1.165) is 19.1 Å². The standard InChI is InChI=1S/C18H35NO/c1-16-14-19(15-17(2)20-16)18-12-10-8-6-4-3-5-7-9-11-13-18/h16-18H,3-15H2,1-2H3/t16-,17+. The van der Waals surface area contributed by atoms with Gasteiger partial charge in [0.25, 0.3) is 0 Å². The predicted molar refractivity (Wildman–Crippen MR) is 86.2 cm³/mol. The van der Waals surface area contributed by atoms with Gasteiger partial charge in [0, 0.05) is 19.1 Å². The van der Waals surface area contributed by atoms with E-state index in [-0.39, 0.29) is 0 Å². The first-order valence-corrected chi connectivity index (χ1v) is 9.15. The van der Waals surface area contributed by atoms with Crippen molar-refractivity contribution in [3.8, 4) is 0 Å². The quantitative estimate of drug-likeness (QED) is 0.686. The van der Waals surface area contributed by atoms with Crippen LogP contribution >= 0.6 is 0 Å². The summed E-state index contributed by atoms with van der Waals surface area (Å²) in [6, 6.07) is 0.822. The monoisotopic (exact) mass is 281 g/mol. The van der Waals surface area contributed by atoms with Gasteiger partial charge in [-0.3, -0.25) is 4.90 Å². The lowest BCUT2D eigenvalue weighted by molar-refractivity contribution is -0.0825. The summed E-state index contributed by atoms with van der Waals surface area (Å²) in [6.07, 6.45) is 16.8. The third-order valence-corrected chi connectivity index (χ3v) is 5.04. The summed E-state index contributed by atoms with van der Waals surface area (Å²) in [6.45, 7) is 6.76. The van der Waals surface area contributed by atoms with Gasteiger partial charge in [-0.25, -0.2) is 0 Å². The minimum atomic E-state index is 0.417. The fourth-order valence-corrected chi connectivity index (χ4v) is 4.02. The van der Waals surface area contributed by atoms with E-state index in [9.17, 15) is 0 Å². The van der Waals surface area contributed by atoms with Gasteiger partial charge in [-0.05, 0) is 26.7 Å². The number of hydrogen-bond acceptors (Lipinski definition) is 2. The van der Waals surface area contributed by atoms with Gasteiger partial charge in [-0.2, -0.15) is 0 Å². The molecule has 118 valence electrons. The fourth-order valence-electron chi connectivity index (χ4n) is 4.02. The fraction of sp³-hybridized carbons (Fsp3) is 1.00. The van der Waals surface area contributed by atoms with Crippen LogP contribution in [0.1, 0.15) is 84.5 Å². The Kier molecular flexibility index (Phi) is 7.37. The molecule has 0 bridgehead atoms. The maximum absolute atomic E-state index is 5.90. The summed E-state index contributed by atoms with van der Waals surface area (Å²) < 4.78 is 5.90. The van der Waals surface area contributed by atoms with E-state index in [4.69, 9.17) is 4.74 Å². The molecule has 2 nitrogen and oxygen atoms in total. The zero-order valence-corrected chi connectivity index (χ0v) is 13.8. The van der Waals surface area contributed by atoms with Gasteiger partial charge in [0.15, 0.2) is 0 Å². The van der Waals surface area contributed by atoms with Crippen molar-refractivity contribution in [2.75, 3.05) is 13.1 Å². The van der Waals surface area contributed by atoms with Gasteiger partial charge in [-0.1, -0.05) is 57.8 Å². The van der Waals surface area contributed by atoms with Gasteiger partial charge >= 0.3 is 0 Å². The molecule has 0 radical (unpaired) electrons. The Hall–Kier alpha value is -0.0800. The van der Waals surface area contributed by atoms with Crippen molar-refractivity contribution < 1.29 is 4.74 Å². The number of nitrogens with zero attached hydrogens (tertiary/aromatic N) is 1. The van der Waals surface area contributed by atoms with E-state index in [1.54, 1.807) is 0 Å². The maximum Gasteiger partial charge on any atom is 0.0678 e. The first-order valence-electron chi connectivity index (χ1n) is 9.15. The van der Waals surface area contributed by atoms with E-state index >= 15 is 0 Å². The lowest BCUT2D eigenvalue weighted by Gasteiger charge is -2.40. The van der Waals surface area contributed by atoms with Gasteiger partial charge in [-0.15, -0.1) is 0 Å². The number of hydrogen-bond donors (Lipinski definition) is 0. The predicted octanol–water partition coefficient (Wildman–Crippen LogP) is 4.77. The SMILES string of the molecule is C[C@@H]1CN(C2CCCCCCCCCCC2)C[C@H](C)O1. The topological polar surface area (TPSA) is 12.5 Å². The van der Waals surface area contributed by atoms with Crippen molar-refractivity contribution in [3.05, 3.63) is 0 Å². The van der Waals surface area contributed by atoms with Crippen molar-refractivity contribution in [1.29, 1.82) is 0 Å². The average Bonchev–Trinajstić information content (AvgIpc) is 2.38. The second-order valence-electron chi connectivity index (χ2n) is 7.12. The highest BCUT2D eigenvalue weighted by molar-refractivity contribution is 4.80. The Bertz CT molecular complexity index is 234. The molecule has 2 aliphatic rings. The first-order chi connectivity index (χ1) is 9.75. The third kappa shape index (κ3) is 5.73. The summed E-state index contributed by atoms with van der Waals surface area (Å²) in [5.41, 5.74) is 0. The highest BCUT2D eigenvalue weighted by Gasteiger charge is 2.27.